The van der Waals surface area contributed by atoms with Crippen LogP contribution in [0.4, 0.5) is 0 Å². The standard InChI is InChI=1S/C4H6P2/c5-6-3-1-2-4(3)6/h1-4H,5H2. The molecule has 6 heavy (non-hydrogen) atoms. The maximum absolute atomic E-state index is 2.91. The second kappa shape index (κ2) is 0.881. The number of allylic oxidation sites excluding steroid dienone is 2. The SMILES string of the molecule is PP1C2C=CC21. The van der Waals surface area contributed by atoms with Crippen LogP contribution in [0.3, 0.4) is 0 Å². The van der Waals surface area contributed by atoms with E-state index in [-0.39, 0.29) is 0 Å². The van der Waals surface area contributed by atoms with Gasteiger partial charge in [0.1, 0.15) is 0 Å². The molecule has 0 N–H and O–H groups in total. The van der Waals surface area contributed by atoms with Gasteiger partial charge in [-0.2, -0.15) is 0 Å². The van der Waals surface area contributed by atoms with Gasteiger partial charge in [0.15, 0.2) is 0 Å². The zero-order valence-corrected chi connectivity index (χ0v) is 5.38. The molecular formula is C4H6P2. The van der Waals surface area contributed by atoms with Crippen LogP contribution in [0, 0.1) is 0 Å². The molecule has 3 atom stereocenters. The van der Waals surface area contributed by atoms with Crippen LogP contribution >= 0.6 is 16.5 Å². The highest BCUT2D eigenvalue weighted by molar-refractivity contribution is 8.19. The van der Waals surface area contributed by atoms with E-state index in [1.165, 1.54) is 0 Å². The molecule has 2 heteroatoms. The van der Waals surface area contributed by atoms with Gasteiger partial charge in [-0.1, -0.05) is 19.8 Å². The smallest absolute Gasteiger partial charge is 0.0116 e. The summed E-state index contributed by atoms with van der Waals surface area (Å²) in [5, 5.41) is 0. The first-order valence-electron chi connectivity index (χ1n) is 2.11. The lowest BCUT2D eigenvalue weighted by Gasteiger charge is -1.89. The minimum absolute atomic E-state index is 0.424. The Labute approximate surface area is 40.9 Å². The van der Waals surface area contributed by atoms with Crippen molar-refractivity contribution in [1.29, 1.82) is 0 Å². The van der Waals surface area contributed by atoms with E-state index in [2.05, 4.69) is 21.1 Å². The number of hydrogen-bond donors (Lipinski definition) is 0. The third-order valence-corrected chi connectivity index (χ3v) is 5.54. The fourth-order valence-electron chi connectivity index (χ4n) is 0.796. The molecule has 0 spiro atoms. The lowest BCUT2D eigenvalue weighted by Crippen LogP contribution is -1.93. The van der Waals surface area contributed by atoms with Gasteiger partial charge in [-0.05, 0) is 0 Å². The van der Waals surface area contributed by atoms with Crippen LogP contribution in [0.2, 0.25) is 0 Å². The summed E-state index contributed by atoms with van der Waals surface area (Å²) in [5.74, 6) is 0. The van der Waals surface area contributed by atoms with Gasteiger partial charge in [0.2, 0.25) is 0 Å². The third kappa shape index (κ3) is 0.245. The summed E-state index contributed by atoms with van der Waals surface area (Å²) < 4.78 is 0. The maximum atomic E-state index is 2.91. The largest absolute Gasteiger partial charge is 0.110 e. The molecule has 1 heterocycles. The first-order chi connectivity index (χ1) is 2.89. The van der Waals surface area contributed by atoms with Crippen LogP contribution in [0.25, 0.3) is 0 Å². The monoisotopic (exact) mass is 116 g/mol. The normalized spacial score (nSPS) is 59.8. The van der Waals surface area contributed by atoms with Gasteiger partial charge in [0.25, 0.3) is 0 Å². The summed E-state index contributed by atoms with van der Waals surface area (Å²) in [4.78, 5) is 0. The topological polar surface area (TPSA) is 0 Å². The van der Waals surface area contributed by atoms with Crippen molar-refractivity contribution in [2.75, 3.05) is 0 Å². The highest BCUT2D eigenvalue weighted by atomic mass is 32.0. The average Bonchev–Trinajstić information content (AvgIpc) is 1.63. The molecule has 1 aliphatic carbocycles. The molecule has 1 aliphatic heterocycles. The molecule has 0 nitrogen and oxygen atoms in total. The van der Waals surface area contributed by atoms with E-state index in [0.29, 0.717) is 7.61 Å². The number of hydrogen-bond acceptors (Lipinski definition) is 0. The second-order valence-electron chi connectivity index (χ2n) is 1.81. The quantitative estimate of drug-likeness (QED) is 0.333. The average molecular weight is 116 g/mol. The lowest BCUT2D eigenvalue weighted by molar-refractivity contribution is 1.13. The zero-order chi connectivity index (χ0) is 4.15. The molecule has 0 saturated carbocycles. The fraction of sp³-hybridized carbons (Fsp3) is 0.500. The van der Waals surface area contributed by atoms with Gasteiger partial charge in [-0.3, -0.25) is 0 Å². The Morgan fingerprint density at radius 1 is 1.33 bits per heavy atom. The van der Waals surface area contributed by atoms with Crippen molar-refractivity contribution in [3.05, 3.63) is 12.2 Å². The second-order valence-corrected chi connectivity index (χ2v) is 5.69. The molecule has 0 bridgehead atoms. The number of rotatable bonds is 0. The fourth-order valence-corrected chi connectivity index (χ4v) is 4.28. The molecule has 2 aliphatic rings. The molecule has 0 aromatic heterocycles. The molecule has 0 radical (unpaired) electrons. The summed E-state index contributed by atoms with van der Waals surface area (Å²) >= 11 is 0. The molecule has 2 rings (SSSR count). The van der Waals surface area contributed by atoms with Crippen LogP contribution < -0.4 is 0 Å². The zero-order valence-electron chi connectivity index (χ0n) is 3.33. The Morgan fingerprint density at radius 2 is 1.83 bits per heavy atom. The minimum Gasteiger partial charge on any atom is -0.110 e. The van der Waals surface area contributed by atoms with Crippen LogP contribution in [-0.2, 0) is 0 Å². The molecule has 1 fully saturated rings. The van der Waals surface area contributed by atoms with Gasteiger partial charge in [0, 0.05) is 11.3 Å². The Bertz CT molecular complexity index is 96.1. The predicted octanol–water partition coefficient (Wildman–Crippen LogP) is 1.58. The van der Waals surface area contributed by atoms with Gasteiger partial charge in [-0.25, -0.2) is 0 Å². The van der Waals surface area contributed by atoms with Crippen molar-refractivity contribution in [2.45, 2.75) is 11.3 Å². The van der Waals surface area contributed by atoms with E-state index in [4.69, 9.17) is 0 Å². The van der Waals surface area contributed by atoms with Crippen molar-refractivity contribution in [1.82, 2.24) is 0 Å². The van der Waals surface area contributed by atoms with E-state index in [0.717, 1.165) is 11.3 Å². The van der Waals surface area contributed by atoms with Gasteiger partial charge < -0.3 is 0 Å². The molecule has 32 valence electrons. The highest BCUT2D eigenvalue weighted by Gasteiger charge is 2.48. The first kappa shape index (κ1) is 3.58. The van der Waals surface area contributed by atoms with Gasteiger partial charge >= 0.3 is 0 Å². The Balaban J connectivity index is 2.26. The van der Waals surface area contributed by atoms with Gasteiger partial charge in [0.05, 0.1) is 0 Å². The summed E-state index contributed by atoms with van der Waals surface area (Å²) in [5.41, 5.74) is 2.09. The molecule has 1 saturated heterocycles. The Kier molecular flexibility index (Phi) is 0.526. The van der Waals surface area contributed by atoms with E-state index >= 15 is 0 Å². The van der Waals surface area contributed by atoms with E-state index in [9.17, 15) is 0 Å². The third-order valence-electron chi connectivity index (χ3n) is 1.45. The van der Waals surface area contributed by atoms with E-state index in [1.807, 2.05) is 0 Å². The summed E-state index contributed by atoms with van der Waals surface area (Å²) in [6.07, 6.45) is 4.65. The predicted molar refractivity (Wildman–Crippen MR) is 33.3 cm³/mol. The van der Waals surface area contributed by atoms with Crippen molar-refractivity contribution < 1.29 is 0 Å². The first-order valence-corrected chi connectivity index (χ1v) is 5.21. The highest BCUT2D eigenvalue weighted by Crippen LogP contribution is 2.77. The number of fused-ring (bicyclic) bond motifs is 1. The van der Waals surface area contributed by atoms with Gasteiger partial charge in [-0.15, -0.1) is 8.93 Å². The lowest BCUT2D eigenvalue weighted by atomic mass is 10.1. The van der Waals surface area contributed by atoms with E-state index in [1.54, 1.807) is 0 Å². The summed E-state index contributed by atoms with van der Waals surface area (Å²) in [6, 6.07) is 0. The summed E-state index contributed by atoms with van der Waals surface area (Å²) in [6.45, 7) is 0. The van der Waals surface area contributed by atoms with Crippen LogP contribution in [0.1, 0.15) is 0 Å². The van der Waals surface area contributed by atoms with Crippen LogP contribution in [0.5, 0.6) is 0 Å². The molecule has 3 unspecified atom stereocenters. The van der Waals surface area contributed by atoms with Crippen molar-refractivity contribution >= 4 is 16.5 Å². The molecule has 0 amide bonds. The molecule has 0 aromatic rings. The summed E-state index contributed by atoms with van der Waals surface area (Å²) in [7, 11) is 3.34. The van der Waals surface area contributed by atoms with Crippen LogP contribution in [-0.4, -0.2) is 11.3 Å². The van der Waals surface area contributed by atoms with Crippen molar-refractivity contribution in [3.8, 4) is 0 Å². The van der Waals surface area contributed by atoms with E-state index < -0.39 is 0 Å². The van der Waals surface area contributed by atoms with Crippen LogP contribution in [0.15, 0.2) is 12.2 Å². The Morgan fingerprint density at radius 3 is 1.83 bits per heavy atom. The maximum Gasteiger partial charge on any atom is 0.0116 e. The molecule has 0 aromatic carbocycles. The molecular weight excluding hydrogens is 110 g/mol. The Hall–Kier alpha value is 0.600. The minimum atomic E-state index is 0.424. The van der Waals surface area contributed by atoms with Crippen molar-refractivity contribution in [2.24, 2.45) is 0 Å². The van der Waals surface area contributed by atoms with Crippen molar-refractivity contribution in [3.63, 3.8) is 0 Å².